The normalized spacial score (nSPS) is 14.3. The number of benzene rings is 3. The first-order valence-corrected chi connectivity index (χ1v) is 16.8. The second-order valence-corrected chi connectivity index (χ2v) is 13.3. The summed E-state index contributed by atoms with van der Waals surface area (Å²) in [6.07, 6.45) is 5.95. The number of methoxy groups -OCH3 is 1. The fourth-order valence-corrected chi connectivity index (χ4v) is 6.50. The van der Waals surface area contributed by atoms with E-state index in [9.17, 15) is 28.1 Å². The van der Waals surface area contributed by atoms with Gasteiger partial charge in [0.2, 0.25) is 21.8 Å². The second-order valence-electron chi connectivity index (χ2n) is 11.4. The predicted octanol–water partition coefficient (Wildman–Crippen LogP) is 4.77. The molecule has 4 rings (SSSR count). The number of nitrogens with zero attached hydrogens (tertiary/aromatic N) is 3. The summed E-state index contributed by atoms with van der Waals surface area (Å²) >= 11 is 0. The first-order chi connectivity index (χ1) is 21.5. The zero-order valence-corrected chi connectivity index (χ0v) is 26.7. The van der Waals surface area contributed by atoms with E-state index in [0.29, 0.717) is 0 Å². The maximum absolute atomic E-state index is 14.4. The molecule has 3 aromatic rings. The summed E-state index contributed by atoms with van der Waals surface area (Å²) in [4.78, 5) is 40.8. The molecule has 1 aliphatic rings. The number of aryl methyl sites for hydroxylation is 1. The number of anilines is 1. The minimum atomic E-state index is -4.15. The molecule has 12 heteroatoms. The van der Waals surface area contributed by atoms with E-state index in [4.69, 9.17) is 4.74 Å². The molecular weight excluding hydrogens is 596 g/mol. The molecule has 1 N–H and O–H groups in total. The van der Waals surface area contributed by atoms with Gasteiger partial charge < -0.3 is 15.0 Å². The number of amides is 2. The van der Waals surface area contributed by atoms with Crippen LogP contribution in [0.3, 0.4) is 0 Å². The van der Waals surface area contributed by atoms with Gasteiger partial charge in [0.1, 0.15) is 24.0 Å². The first-order valence-electron chi connectivity index (χ1n) is 15.0. The molecule has 1 aliphatic carbocycles. The molecule has 0 heterocycles. The van der Waals surface area contributed by atoms with Crippen LogP contribution in [0, 0.1) is 17.0 Å². The minimum absolute atomic E-state index is 0.0124. The van der Waals surface area contributed by atoms with Gasteiger partial charge in [0.15, 0.2) is 0 Å². The molecule has 1 fully saturated rings. The SMILES string of the molecule is COc1ccc([N+](=O)[O-])cc1N(CC(=O)N(Cc1ccccc1C)C(Cc1ccccc1)C(=O)NC1CCCCC1)S(C)(=O)=O. The van der Waals surface area contributed by atoms with E-state index in [1.54, 1.807) is 0 Å². The van der Waals surface area contributed by atoms with Crippen molar-refractivity contribution in [3.05, 3.63) is 99.6 Å². The van der Waals surface area contributed by atoms with Crippen LogP contribution in [0.1, 0.15) is 48.8 Å². The smallest absolute Gasteiger partial charge is 0.271 e. The van der Waals surface area contributed by atoms with Crippen LogP contribution in [0.2, 0.25) is 0 Å². The highest BCUT2D eigenvalue weighted by Crippen LogP contribution is 2.34. The summed E-state index contributed by atoms with van der Waals surface area (Å²) in [6.45, 7) is 1.25. The van der Waals surface area contributed by atoms with E-state index in [-0.39, 0.29) is 42.0 Å². The fourth-order valence-electron chi connectivity index (χ4n) is 5.65. The van der Waals surface area contributed by atoms with Gasteiger partial charge in [-0.15, -0.1) is 0 Å². The number of hydrogen-bond donors (Lipinski definition) is 1. The first kappa shape index (κ1) is 33.4. The van der Waals surface area contributed by atoms with Crippen LogP contribution in [0.15, 0.2) is 72.8 Å². The summed E-state index contributed by atoms with van der Waals surface area (Å²) in [5, 5.41) is 14.7. The number of nitro benzene ring substituents is 1. The highest BCUT2D eigenvalue weighted by molar-refractivity contribution is 7.92. The van der Waals surface area contributed by atoms with Crippen LogP contribution < -0.4 is 14.4 Å². The van der Waals surface area contributed by atoms with Gasteiger partial charge in [-0.25, -0.2) is 8.42 Å². The number of carbonyl (C=O) groups is 2. The molecule has 0 spiro atoms. The Morgan fingerprint density at radius 1 is 1.02 bits per heavy atom. The van der Waals surface area contributed by atoms with Gasteiger partial charge in [-0.3, -0.25) is 24.0 Å². The lowest BCUT2D eigenvalue weighted by Gasteiger charge is -2.35. The van der Waals surface area contributed by atoms with Crippen LogP contribution in [-0.4, -0.2) is 62.0 Å². The Labute approximate surface area is 264 Å². The summed E-state index contributed by atoms with van der Waals surface area (Å²) in [6, 6.07) is 19.4. The van der Waals surface area contributed by atoms with Gasteiger partial charge in [0, 0.05) is 31.1 Å². The number of non-ortho nitro benzene ring substituents is 1. The van der Waals surface area contributed by atoms with E-state index in [1.165, 1.54) is 24.1 Å². The van der Waals surface area contributed by atoms with Gasteiger partial charge >= 0.3 is 0 Å². The molecule has 1 unspecified atom stereocenters. The van der Waals surface area contributed by atoms with Crippen molar-refractivity contribution in [2.24, 2.45) is 0 Å². The third-order valence-corrected chi connectivity index (χ3v) is 9.27. The quantitative estimate of drug-likeness (QED) is 0.211. The van der Waals surface area contributed by atoms with Crippen molar-refractivity contribution < 1.29 is 27.7 Å². The third-order valence-electron chi connectivity index (χ3n) is 8.15. The number of sulfonamides is 1. The second kappa shape index (κ2) is 15.0. The van der Waals surface area contributed by atoms with Gasteiger partial charge in [0.25, 0.3) is 5.69 Å². The van der Waals surface area contributed by atoms with Crippen molar-refractivity contribution in [3.63, 3.8) is 0 Å². The van der Waals surface area contributed by atoms with Crippen molar-refractivity contribution in [2.45, 2.75) is 64.1 Å². The zero-order valence-electron chi connectivity index (χ0n) is 25.8. The molecule has 1 saturated carbocycles. The average molecular weight is 637 g/mol. The Balaban J connectivity index is 1.78. The number of rotatable bonds is 13. The zero-order chi connectivity index (χ0) is 32.6. The molecule has 0 bridgehead atoms. The number of nitro groups is 1. The minimum Gasteiger partial charge on any atom is -0.495 e. The van der Waals surface area contributed by atoms with Gasteiger partial charge in [0.05, 0.1) is 18.3 Å². The van der Waals surface area contributed by atoms with Crippen molar-refractivity contribution >= 4 is 33.2 Å². The lowest BCUT2D eigenvalue weighted by molar-refractivity contribution is -0.384. The Morgan fingerprint density at radius 2 is 1.69 bits per heavy atom. The van der Waals surface area contributed by atoms with Gasteiger partial charge in [-0.2, -0.15) is 0 Å². The highest BCUT2D eigenvalue weighted by atomic mass is 32.2. The molecule has 0 aliphatic heterocycles. The molecule has 11 nitrogen and oxygen atoms in total. The van der Waals surface area contributed by atoms with Crippen molar-refractivity contribution in [3.8, 4) is 5.75 Å². The Hall–Kier alpha value is -4.45. The van der Waals surface area contributed by atoms with E-state index in [2.05, 4.69) is 5.32 Å². The Bertz CT molecular complexity index is 1610. The summed E-state index contributed by atoms with van der Waals surface area (Å²) < 4.78 is 32.5. The number of carbonyl (C=O) groups excluding carboxylic acids is 2. The monoisotopic (exact) mass is 636 g/mol. The molecule has 3 aromatic carbocycles. The van der Waals surface area contributed by atoms with Crippen molar-refractivity contribution in [1.29, 1.82) is 0 Å². The largest absolute Gasteiger partial charge is 0.495 e. The van der Waals surface area contributed by atoms with Gasteiger partial charge in [-0.1, -0.05) is 73.9 Å². The number of ether oxygens (including phenoxy) is 1. The van der Waals surface area contributed by atoms with Crippen LogP contribution in [0.4, 0.5) is 11.4 Å². The number of nitrogens with one attached hydrogen (secondary N) is 1. The predicted molar refractivity (Wildman–Crippen MR) is 173 cm³/mol. The average Bonchev–Trinajstić information content (AvgIpc) is 3.02. The molecule has 2 amide bonds. The van der Waals surface area contributed by atoms with Crippen molar-refractivity contribution in [1.82, 2.24) is 10.2 Å². The maximum atomic E-state index is 14.4. The van der Waals surface area contributed by atoms with E-state index in [1.807, 2.05) is 61.5 Å². The van der Waals surface area contributed by atoms with E-state index < -0.39 is 33.4 Å². The summed E-state index contributed by atoms with van der Waals surface area (Å²) in [5.74, 6) is -0.913. The van der Waals surface area contributed by atoms with E-state index in [0.717, 1.165) is 65.4 Å². The van der Waals surface area contributed by atoms with Crippen LogP contribution in [-0.2, 0) is 32.6 Å². The van der Waals surface area contributed by atoms with Crippen LogP contribution in [0.5, 0.6) is 5.75 Å². The Morgan fingerprint density at radius 3 is 2.31 bits per heavy atom. The Kier molecular flexibility index (Phi) is 11.2. The molecular formula is C33H40N4O7S. The van der Waals surface area contributed by atoms with Gasteiger partial charge in [-0.05, 0) is 42.5 Å². The summed E-state index contributed by atoms with van der Waals surface area (Å²) in [5.41, 5.74) is 2.03. The highest BCUT2D eigenvalue weighted by Gasteiger charge is 2.35. The van der Waals surface area contributed by atoms with Crippen LogP contribution in [0.25, 0.3) is 0 Å². The lowest BCUT2D eigenvalue weighted by Crippen LogP contribution is -2.55. The molecule has 0 aromatic heterocycles. The molecule has 0 saturated heterocycles. The number of hydrogen-bond acceptors (Lipinski definition) is 7. The summed E-state index contributed by atoms with van der Waals surface area (Å²) in [7, 11) is -2.84. The standard InChI is InChI=1S/C33H40N4O7S/c1-24-12-10-11-15-26(24)22-35(30(20-25-13-6-4-7-14-25)33(39)34-27-16-8-5-9-17-27)32(38)23-36(45(3,42)43)29-21-28(37(40)41)18-19-31(29)44-2/h4,6-7,10-15,18-19,21,27,30H,5,8-9,16-17,20,22-23H2,1-3H3,(H,34,39). The van der Waals surface area contributed by atoms with E-state index >= 15 is 0 Å². The fraction of sp³-hybridized carbons (Fsp3) is 0.394. The molecule has 1 atom stereocenters. The van der Waals surface area contributed by atoms with Crippen molar-refractivity contribution in [2.75, 3.05) is 24.2 Å². The lowest BCUT2D eigenvalue weighted by atomic mass is 9.94. The van der Waals surface area contributed by atoms with Crippen LogP contribution >= 0.6 is 0 Å². The topological polar surface area (TPSA) is 139 Å². The third kappa shape index (κ3) is 8.81. The maximum Gasteiger partial charge on any atom is 0.271 e. The molecule has 45 heavy (non-hydrogen) atoms. The molecule has 0 radical (unpaired) electrons. The molecule has 240 valence electrons.